The maximum absolute atomic E-state index is 6.49. The molecule has 0 amide bonds. The molecule has 2 aromatic rings. The average Bonchev–Trinajstić information content (AvgIpc) is 2.83. The van der Waals surface area contributed by atoms with Crippen molar-refractivity contribution in [2.45, 2.75) is 18.9 Å². The fourth-order valence-corrected chi connectivity index (χ4v) is 2.72. The van der Waals surface area contributed by atoms with Gasteiger partial charge in [-0.1, -0.05) is 43.3 Å². The van der Waals surface area contributed by atoms with Gasteiger partial charge in [-0.15, -0.1) is 11.3 Å². The maximum Gasteiger partial charge on any atom is 0.0756 e. The summed E-state index contributed by atoms with van der Waals surface area (Å²) in [6, 6.07) is 14.5. The molecular formula is C13H15NS. The zero-order valence-corrected chi connectivity index (χ0v) is 9.63. The highest BCUT2D eigenvalue weighted by Gasteiger charge is 2.27. The number of hydrogen-bond acceptors (Lipinski definition) is 2. The summed E-state index contributed by atoms with van der Waals surface area (Å²) in [5, 5.41) is 2.08. The van der Waals surface area contributed by atoms with Crippen molar-refractivity contribution >= 4 is 11.3 Å². The van der Waals surface area contributed by atoms with Gasteiger partial charge in [-0.05, 0) is 23.4 Å². The molecule has 0 saturated heterocycles. The third-order valence-electron chi connectivity index (χ3n) is 2.81. The van der Waals surface area contributed by atoms with Gasteiger partial charge in [0.25, 0.3) is 0 Å². The fraction of sp³-hybridized carbons (Fsp3) is 0.231. The summed E-state index contributed by atoms with van der Waals surface area (Å²) in [6.07, 6.45) is 0.914. The van der Waals surface area contributed by atoms with Gasteiger partial charge in [0.15, 0.2) is 0 Å². The van der Waals surface area contributed by atoms with Crippen molar-refractivity contribution in [2.24, 2.45) is 5.73 Å². The Morgan fingerprint density at radius 1 is 1.13 bits per heavy atom. The van der Waals surface area contributed by atoms with Gasteiger partial charge in [-0.25, -0.2) is 0 Å². The Balaban J connectivity index is 2.47. The van der Waals surface area contributed by atoms with Crippen molar-refractivity contribution < 1.29 is 0 Å². The fourth-order valence-electron chi connectivity index (χ4n) is 1.79. The van der Waals surface area contributed by atoms with Crippen LogP contribution >= 0.6 is 11.3 Å². The predicted molar refractivity (Wildman–Crippen MR) is 66.0 cm³/mol. The van der Waals surface area contributed by atoms with E-state index in [1.165, 1.54) is 10.4 Å². The standard InChI is InChI=1S/C13H15NS/c1-2-13(14,12-9-6-10-15-12)11-7-4-3-5-8-11/h3-10H,2,14H2,1H3. The average molecular weight is 217 g/mol. The lowest BCUT2D eigenvalue weighted by Gasteiger charge is -2.27. The first-order valence-electron chi connectivity index (χ1n) is 5.16. The monoisotopic (exact) mass is 217 g/mol. The molecule has 1 atom stereocenters. The summed E-state index contributed by atoms with van der Waals surface area (Å²) in [5.74, 6) is 0. The minimum Gasteiger partial charge on any atom is -0.317 e. The number of rotatable bonds is 3. The van der Waals surface area contributed by atoms with Gasteiger partial charge in [0, 0.05) is 4.88 Å². The second kappa shape index (κ2) is 4.17. The Bertz CT molecular complexity index is 407. The third kappa shape index (κ3) is 1.83. The van der Waals surface area contributed by atoms with E-state index in [-0.39, 0.29) is 5.54 Å². The number of hydrogen-bond donors (Lipinski definition) is 1. The molecule has 1 unspecified atom stereocenters. The van der Waals surface area contributed by atoms with E-state index in [0.717, 1.165) is 6.42 Å². The lowest BCUT2D eigenvalue weighted by molar-refractivity contribution is 0.530. The largest absolute Gasteiger partial charge is 0.317 e. The van der Waals surface area contributed by atoms with Crippen LogP contribution in [0.15, 0.2) is 47.8 Å². The molecule has 2 N–H and O–H groups in total. The van der Waals surface area contributed by atoms with Crippen LogP contribution in [0.25, 0.3) is 0 Å². The van der Waals surface area contributed by atoms with Crippen molar-refractivity contribution in [1.82, 2.24) is 0 Å². The van der Waals surface area contributed by atoms with Gasteiger partial charge in [0.05, 0.1) is 5.54 Å². The van der Waals surface area contributed by atoms with Gasteiger partial charge >= 0.3 is 0 Å². The Kier molecular flexibility index (Phi) is 2.89. The molecule has 0 aliphatic heterocycles. The van der Waals surface area contributed by atoms with E-state index in [4.69, 9.17) is 5.73 Å². The van der Waals surface area contributed by atoms with E-state index >= 15 is 0 Å². The predicted octanol–water partition coefficient (Wildman–Crippen LogP) is 3.36. The lowest BCUT2D eigenvalue weighted by atomic mass is 9.87. The second-order valence-electron chi connectivity index (χ2n) is 3.67. The summed E-state index contributed by atoms with van der Waals surface area (Å²) >= 11 is 1.72. The minimum absolute atomic E-state index is 0.324. The SMILES string of the molecule is CCC(N)(c1ccccc1)c1cccs1. The highest BCUT2D eigenvalue weighted by Crippen LogP contribution is 2.32. The van der Waals surface area contributed by atoms with Crippen LogP contribution in [-0.2, 0) is 5.54 Å². The van der Waals surface area contributed by atoms with Gasteiger partial charge < -0.3 is 5.73 Å². The molecule has 0 aliphatic rings. The van der Waals surface area contributed by atoms with Crippen LogP contribution in [-0.4, -0.2) is 0 Å². The van der Waals surface area contributed by atoms with Gasteiger partial charge in [-0.2, -0.15) is 0 Å². The third-order valence-corrected chi connectivity index (χ3v) is 3.85. The highest BCUT2D eigenvalue weighted by molar-refractivity contribution is 7.10. The number of nitrogens with two attached hydrogens (primary N) is 1. The summed E-state index contributed by atoms with van der Waals surface area (Å²) in [7, 11) is 0. The van der Waals surface area contributed by atoms with Gasteiger partial charge in [-0.3, -0.25) is 0 Å². The number of benzene rings is 1. The van der Waals surface area contributed by atoms with Crippen molar-refractivity contribution in [2.75, 3.05) is 0 Å². The first-order chi connectivity index (χ1) is 7.27. The summed E-state index contributed by atoms with van der Waals surface area (Å²) in [5.41, 5.74) is 7.36. The normalized spacial score (nSPS) is 14.8. The Morgan fingerprint density at radius 3 is 2.40 bits per heavy atom. The molecule has 1 aromatic carbocycles. The molecule has 2 rings (SSSR count). The summed E-state index contributed by atoms with van der Waals surface area (Å²) < 4.78 is 0. The Morgan fingerprint density at radius 2 is 1.87 bits per heavy atom. The van der Waals surface area contributed by atoms with Crippen LogP contribution in [0.3, 0.4) is 0 Å². The van der Waals surface area contributed by atoms with Gasteiger partial charge in [0.1, 0.15) is 0 Å². The molecule has 78 valence electrons. The van der Waals surface area contributed by atoms with Crippen LogP contribution in [0.2, 0.25) is 0 Å². The van der Waals surface area contributed by atoms with Crippen LogP contribution in [0, 0.1) is 0 Å². The molecule has 0 bridgehead atoms. The molecule has 0 saturated carbocycles. The van der Waals surface area contributed by atoms with E-state index in [1.807, 2.05) is 18.2 Å². The summed E-state index contributed by atoms with van der Waals surface area (Å²) in [4.78, 5) is 1.23. The van der Waals surface area contributed by atoms with E-state index < -0.39 is 0 Å². The minimum atomic E-state index is -0.324. The smallest absolute Gasteiger partial charge is 0.0756 e. The second-order valence-corrected chi connectivity index (χ2v) is 4.62. The molecular weight excluding hydrogens is 202 g/mol. The molecule has 2 heteroatoms. The zero-order chi connectivity index (χ0) is 10.7. The first-order valence-corrected chi connectivity index (χ1v) is 6.03. The van der Waals surface area contributed by atoms with Crippen molar-refractivity contribution in [3.8, 4) is 0 Å². The van der Waals surface area contributed by atoms with Crippen molar-refractivity contribution in [3.63, 3.8) is 0 Å². The van der Waals surface area contributed by atoms with Crippen LogP contribution < -0.4 is 5.73 Å². The lowest BCUT2D eigenvalue weighted by Crippen LogP contribution is -2.36. The zero-order valence-electron chi connectivity index (χ0n) is 8.81. The first kappa shape index (κ1) is 10.4. The van der Waals surface area contributed by atoms with Crippen molar-refractivity contribution in [3.05, 3.63) is 58.3 Å². The summed E-state index contributed by atoms with van der Waals surface area (Å²) in [6.45, 7) is 2.13. The molecule has 0 spiro atoms. The van der Waals surface area contributed by atoms with Crippen LogP contribution in [0.1, 0.15) is 23.8 Å². The maximum atomic E-state index is 6.49. The van der Waals surface area contributed by atoms with E-state index in [2.05, 4.69) is 36.6 Å². The van der Waals surface area contributed by atoms with Crippen LogP contribution in [0.5, 0.6) is 0 Å². The molecule has 1 nitrogen and oxygen atoms in total. The molecule has 15 heavy (non-hydrogen) atoms. The molecule has 1 heterocycles. The number of thiophene rings is 1. The Hall–Kier alpha value is -1.12. The van der Waals surface area contributed by atoms with E-state index in [9.17, 15) is 0 Å². The molecule has 0 aliphatic carbocycles. The quantitative estimate of drug-likeness (QED) is 0.838. The van der Waals surface area contributed by atoms with Crippen molar-refractivity contribution in [1.29, 1.82) is 0 Å². The topological polar surface area (TPSA) is 26.0 Å². The van der Waals surface area contributed by atoms with E-state index in [0.29, 0.717) is 0 Å². The van der Waals surface area contributed by atoms with E-state index in [1.54, 1.807) is 11.3 Å². The molecule has 1 aromatic heterocycles. The van der Waals surface area contributed by atoms with Crippen LogP contribution in [0.4, 0.5) is 0 Å². The molecule has 0 radical (unpaired) electrons. The molecule has 0 fully saturated rings. The Labute approximate surface area is 94.6 Å². The van der Waals surface area contributed by atoms with Gasteiger partial charge in [0.2, 0.25) is 0 Å². The highest BCUT2D eigenvalue weighted by atomic mass is 32.1.